The molecule has 0 spiro atoms. The molecule has 1 unspecified atom stereocenters. The van der Waals surface area contributed by atoms with Crippen molar-refractivity contribution < 1.29 is 14.2 Å². The average molecular weight is 315 g/mol. The summed E-state index contributed by atoms with van der Waals surface area (Å²) in [4.78, 5) is 14.4. The summed E-state index contributed by atoms with van der Waals surface area (Å²) in [5.41, 5.74) is 2.00. The highest BCUT2D eigenvalue weighted by atomic mass is 16.5. The summed E-state index contributed by atoms with van der Waals surface area (Å²) >= 11 is 0. The number of hydrogen-bond acceptors (Lipinski definition) is 4. The first-order valence-corrected chi connectivity index (χ1v) is 8.56. The van der Waals surface area contributed by atoms with Crippen LogP contribution in [-0.2, 0) is 11.1 Å². The van der Waals surface area contributed by atoms with Crippen LogP contribution in [0.15, 0.2) is 18.2 Å². The van der Waals surface area contributed by atoms with Gasteiger partial charge < -0.3 is 14.2 Å². The minimum Gasteiger partial charge on any atom is -0.491 e. The van der Waals surface area contributed by atoms with E-state index >= 15 is 0 Å². The van der Waals surface area contributed by atoms with Crippen LogP contribution >= 0.6 is 0 Å². The van der Waals surface area contributed by atoms with E-state index in [0.29, 0.717) is 13.0 Å². The number of nitrogens with zero attached hydrogens (tertiary/aromatic N) is 1. The molecule has 0 radical (unpaired) electrons. The Morgan fingerprint density at radius 1 is 1.35 bits per heavy atom. The molecule has 0 amide bonds. The first-order valence-electron chi connectivity index (χ1n) is 8.56. The summed E-state index contributed by atoms with van der Waals surface area (Å²) in [5.74, 6) is 1.09. The van der Waals surface area contributed by atoms with Crippen LogP contribution in [0.4, 0.5) is 0 Å². The van der Waals surface area contributed by atoms with E-state index in [-0.39, 0.29) is 24.5 Å². The second kappa shape index (κ2) is 6.29. The van der Waals surface area contributed by atoms with Crippen molar-refractivity contribution in [2.45, 2.75) is 58.5 Å². The molecule has 1 aliphatic carbocycles. The molecule has 1 atom stereocenters. The largest absolute Gasteiger partial charge is 0.491 e. The number of rotatable bonds is 3. The molecule has 0 saturated carbocycles. The van der Waals surface area contributed by atoms with Crippen LogP contribution in [0.3, 0.4) is 0 Å². The van der Waals surface area contributed by atoms with Gasteiger partial charge in [0.2, 0.25) is 0 Å². The van der Waals surface area contributed by atoms with Crippen molar-refractivity contribution in [2.75, 3.05) is 13.2 Å². The maximum absolute atomic E-state index is 12.0. The van der Waals surface area contributed by atoms with Gasteiger partial charge in [0.05, 0.1) is 6.10 Å². The minimum absolute atomic E-state index is 0.0689. The number of fused-ring (bicyclic) bond motifs is 1. The Labute approximate surface area is 139 Å². The normalized spacial score (nSPS) is 22.3. The monoisotopic (exact) mass is 315 g/mol. The van der Waals surface area contributed by atoms with Gasteiger partial charge in [-0.1, -0.05) is 12.1 Å². The molecule has 124 valence electrons. The van der Waals surface area contributed by atoms with Gasteiger partial charge in [-0.15, -0.1) is 0 Å². The van der Waals surface area contributed by atoms with Gasteiger partial charge in [0.25, 0.3) is 0 Å². The lowest BCUT2D eigenvalue weighted by molar-refractivity contribution is 0.0970. The highest BCUT2D eigenvalue weighted by molar-refractivity contribution is 6.47. The predicted molar refractivity (Wildman–Crippen MR) is 92.2 cm³/mol. The summed E-state index contributed by atoms with van der Waals surface area (Å²) in [6.45, 7) is 10.1. The third-order valence-electron chi connectivity index (χ3n) is 4.78. The lowest BCUT2D eigenvalue weighted by Crippen LogP contribution is -2.46. The lowest BCUT2D eigenvalue weighted by Gasteiger charge is -2.32. The molecule has 0 bridgehead atoms. The van der Waals surface area contributed by atoms with Crippen LogP contribution in [0.2, 0.25) is 6.82 Å². The van der Waals surface area contributed by atoms with Crippen molar-refractivity contribution in [1.29, 1.82) is 0 Å². The highest BCUT2D eigenvalue weighted by Gasteiger charge is 2.39. The molecule has 1 aromatic rings. The fraction of sp³-hybridized carbons (Fsp3) is 0.611. The van der Waals surface area contributed by atoms with E-state index in [1.807, 2.05) is 18.2 Å². The topological polar surface area (TPSA) is 38.8 Å². The zero-order valence-electron chi connectivity index (χ0n) is 14.6. The number of ether oxygens (including phenoxy) is 1. The van der Waals surface area contributed by atoms with E-state index in [9.17, 15) is 4.79 Å². The molecule has 1 aliphatic heterocycles. The van der Waals surface area contributed by atoms with Crippen LogP contribution in [0, 0.1) is 0 Å². The number of carbonyl (C=O) groups excluding carboxylic acids is 1. The molecular formula is C18H26BNO3. The summed E-state index contributed by atoms with van der Waals surface area (Å²) in [6.07, 6.45) is 2.56. The molecule has 0 N–H and O–H groups in total. The van der Waals surface area contributed by atoms with Gasteiger partial charge in [0.1, 0.15) is 12.4 Å². The molecule has 0 aromatic heterocycles. The van der Waals surface area contributed by atoms with Crippen molar-refractivity contribution in [2.24, 2.45) is 0 Å². The summed E-state index contributed by atoms with van der Waals surface area (Å²) in [5, 5.41) is 0. The van der Waals surface area contributed by atoms with Gasteiger partial charge in [-0.25, -0.2) is 0 Å². The quantitative estimate of drug-likeness (QED) is 0.803. The van der Waals surface area contributed by atoms with E-state index in [1.165, 1.54) is 0 Å². The average Bonchev–Trinajstić information content (AvgIpc) is 2.87. The minimum atomic E-state index is 0.0689. The zero-order valence-corrected chi connectivity index (χ0v) is 14.6. The third kappa shape index (κ3) is 3.46. The summed E-state index contributed by atoms with van der Waals surface area (Å²) in [6, 6.07) is 5.80. The van der Waals surface area contributed by atoms with Gasteiger partial charge in [-0.3, -0.25) is 4.79 Å². The van der Waals surface area contributed by atoms with Crippen LogP contribution in [0.1, 0.15) is 49.5 Å². The first kappa shape index (κ1) is 16.5. The number of benzene rings is 1. The van der Waals surface area contributed by atoms with Gasteiger partial charge in [-0.05, 0) is 46.5 Å². The smallest absolute Gasteiger partial charge is 0.380 e. The van der Waals surface area contributed by atoms with Crippen LogP contribution in [0.25, 0.3) is 0 Å². The maximum Gasteiger partial charge on any atom is 0.380 e. The summed E-state index contributed by atoms with van der Waals surface area (Å²) in [7, 11) is 0.106. The molecule has 4 nitrogen and oxygen atoms in total. The Kier molecular flexibility index (Phi) is 4.52. The van der Waals surface area contributed by atoms with Gasteiger partial charge in [-0.2, -0.15) is 0 Å². The number of ketones is 1. The van der Waals surface area contributed by atoms with Crippen molar-refractivity contribution in [1.82, 2.24) is 4.81 Å². The molecule has 3 rings (SSSR count). The van der Waals surface area contributed by atoms with Crippen molar-refractivity contribution in [3.8, 4) is 5.75 Å². The highest BCUT2D eigenvalue weighted by Crippen LogP contribution is 2.30. The third-order valence-corrected chi connectivity index (χ3v) is 4.78. The van der Waals surface area contributed by atoms with Crippen LogP contribution < -0.4 is 4.74 Å². The molecule has 5 heteroatoms. The van der Waals surface area contributed by atoms with E-state index in [0.717, 1.165) is 36.3 Å². The number of Topliss-reactive ketones (excluding diaryl/α,β-unsaturated/α-hetero) is 1. The SMILES string of the molecule is CB1OC(COc2cccc3c2CCCC3=O)CN1C(C)(C)C. The van der Waals surface area contributed by atoms with Crippen LogP contribution in [0.5, 0.6) is 5.75 Å². The molecule has 2 aliphatic rings. The maximum atomic E-state index is 12.0. The fourth-order valence-electron chi connectivity index (χ4n) is 3.64. The van der Waals surface area contributed by atoms with Crippen molar-refractivity contribution in [3.05, 3.63) is 29.3 Å². The second-order valence-electron chi connectivity index (χ2n) is 7.55. The van der Waals surface area contributed by atoms with E-state index in [1.54, 1.807) is 0 Å². The Bertz CT molecular complexity index is 596. The number of hydrogen-bond donors (Lipinski definition) is 0. The summed E-state index contributed by atoms with van der Waals surface area (Å²) < 4.78 is 12.1. The lowest BCUT2D eigenvalue weighted by atomic mass is 9.81. The zero-order chi connectivity index (χ0) is 16.6. The first-order chi connectivity index (χ1) is 10.9. The molecule has 1 saturated heterocycles. The Hall–Kier alpha value is -1.33. The predicted octanol–water partition coefficient (Wildman–Crippen LogP) is 3.20. The second-order valence-corrected chi connectivity index (χ2v) is 7.55. The molecule has 1 heterocycles. The van der Waals surface area contributed by atoms with E-state index < -0.39 is 0 Å². The fourth-order valence-corrected chi connectivity index (χ4v) is 3.64. The molecular weight excluding hydrogens is 289 g/mol. The van der Waals surface area contributed by atoms with Gasteiger partial charge in [0.15, 0.2) is 5.78 Å². The van der Waals surface area contributed by atoms with Crippen molar-refractivity contribution in [3.63, 3.8) is 0 Å². The molecule has 1 fully saturated rings. The van der Waals surface area contributed by atoms with Gasteiger partial charge >= 0.3 is 7.05 Å². The standard InChI is InChI=1S/C18H26BNO3/c1-18(2,3)20-11-13(23-19(20)4)12-22-17-10-6-7-14-15(17)8-5-9-16(14)21/h6-7,10,13H,5,8-9,11-12H2,1-4H3. The molecule has 1 aromatic carbocycles. The Morgan fingerprint density at radius 2 is 2.13 bits per heavy atom. The van der Waals surface area contributed by atoms with Gasteiger partial charge in [0, 0.05) is 29.6 Å². The van der Waals surface area contributed by atoms with Crippen LogP contribution in [-0.4, -0.2) is 42.4 Å². The Morgan fingerprint density at radius 3 is 2.83 bits per heavy atom. The van der Waals surface area contributed by atoms with E-state index in [2.05, 4.69) is 32.4 Å². The molecule has 23 heavy (non-hydrogen) atoms. The van der Waals surface area contributed by atoms with Crippen molar-refractivity contribution >= 4 is 12.8 Å². The van der Waals surface area contributed by atoms with E-state index in [4.69, 9.17) is 9.39 Å². The number of carbonyl (C=O) groups is 1. The Balaban J connectivity index is 1.66.